The second-order valence-electron chi connectivity index (χ2n) is 11.7. The van der Waals surface area contributed by atoms with E-state index in [0.29, 0.717) is 25.1 Å². The van der Waals surface area contributed by atoms with Gasteiger partial charge in [-0.25, -0.2) is 0 Å². The predicted molar refractivity (Wildman–Crippen MR) is 161 cm³/mol. The van der Waals surface area contributed by atoms with Crippen molar-refractivity contribution in [3.63, 3.8) is 0 Å². The quantitative estimate of drug-likeness (QED) is 0.262. The first kappa shape index (κ1) is 29.3. The molecule has 2 aliphatic heterocycles. The first-order valence-electron chi connectivity index (χ1n) is 14.9. The summed E-state index contributed by atoms with van der Waals surface area (Å²) in [6, 6.07) is 2.82. The van der Waals surface area contributed by atoms with E-state index in [1.165, 1.54) is 51.4 Å². The molecule has 2 aliphatic rings. The van der Waals surface area contributed by atoms with Crippen molar-refractivity contribution in [2.24, 2.45) is 16.3 Å². The van der Waals surface area contributed by atoms with E-state index in [1.807, 2.05) is 0 Å². The number of ether oxygens (including phenoxy) is 2. The van der Waals surface area contributed by atoms with Gasteiger partial charge in [-0.05, 0) is 54.1 Å². The van der Waals surface area contributed by atoms with Crippen LogP contribution in [0.4, 0.5) is 5.82 Å². The highest BCUT2D eigenvalue weighted by molar-refractivity contribution is 9.10. The van der Waals surface area contributed by atoms with Crippen LogP contribution in [-0.2, 0) is 4.74 Å². The summed E-state index contributed by atoms with van der Waals surface area (Å²) >= 11 is 3.80. The van der Waals surface area contributed by atoms with Crippen LogP contribution < -0.4 is 20.2 Å². The van der Waals surface area contributed by atoms with E-state index in [4.69, 9.17) is 24.4 Å². The van der Waals surface area contributed by atoms with E-state index in [-0.39, 0.29) is 11.5 Å². The summed E-state index contributed by atoms with van der Waals surface area (Å²) < 4.78 is 13.3. The standard InChI is InChI=1S/C31H47BrN4O2/c1-6-8-10-11-14-31(5,13-9-7-2)21-38-30-34-26-20-25(32)28-24(19-22(3)23(4)33-28)27(26)29(35-30)36-15-12-17-37-18-16-36/h19-20,22-23H,6-18,21H2,1-5H3. The highest BCUT2D eigenvalue weighted by Crippen LogP contribution is 2.33. The number of fused-ring (bicyclic) bond motifs is 3. The third-order valence-corrected chi connectivity index (χ3v) is 8.88. The summed E-state index contributed by atoms with van der Waals surface area (Å²) in [4.78, 5) is 17.5. The van der Waals surface area contributed by atoms with Gasteiger partial charge in [0.2, 0.25) is 0 Å². The SMILES string of the molecule is CCCCCCC(C)(CCCC)COc1nc(N2CCCOCC2)c2c3c(c(Br)cc2n1)=NC(C)C(C)C=3. The molecule has 0 N–H and O–H groups in total. The zero-order valence-electron chi connectivity index (χ0n) is 24.2. The number of aromatic nitrogens is 2. The molecular formula is C31H47BrN4O2. The van der Waals surface area contributed by atoms with E-state index < -0.39 is 0 Å². The molecule has 0 bridgehead atoms. The minimum atomic E-state index is 0.132. The van der Waals surface area contributed by atoms with Crippen LogP contribution in [0, 0.1) is 11.3 Å². The van der Waals surface area contributed by atoms with Crippen LogP contribution in [0.1, 0.15) is 92.4 Å². The summed E-state index contributed by atoms with van der Waals surface area (Å²) in [5.41, 5.74) is 1.04. The average Bonchev–Trinajstić information content (AvgIpc) is 3.19. The van der Waals surface area contributed by atoms with Crippen molar-refractivity contribution in [1.82, 2.24) is 9.97 Å². The lowest BCUT2D eigenvalue weighted by atomic mass is 9.81. The maximum absolute atomic E-state index is 6.49. The average molecular weight is 588 g/mol. The van der Waals surface area contributed by atoms with E-state index in [9.17, 15) is 0 Å². The topological polar surface area (TPSA) is 59.8 Å². The van der Waals surface area contributed by atoms with Crippen LogP contribution in [0.5, 0.6) is 6.01 Å². The number of unbranched alkanes of at least 4 members (excludes halogenated alkanes) is 4. The van der Waals surface area contributed by atoms with Gasteiger partial charge in [0.1, 0.15) is 5.82 Å². The Hall–Kier alpha value is -1.73. The molecule has 210 valence electrons. The lowest BCUT2D eigenvalue weighted by molar-refractivity contribution is 0.126. The van der Waals surface area contributed by atoms with Gasteiger partial charge >= 0.3 is 6.01 Å². The third-order valence-electron chi connectivity index (χ3n) is 8.27. The zero-order valence-corrected chi connectivity index (χ0v) is 25.8. The lowest BCUT2D eigenvalue weighted by Crippen LogP contribution is -2.37. The number of hydrogen-bond donors (Lipinski definition) is 0. The van der Waals surface area contributed by atoms with Crippen molar-refractivity contribution in [3.05, 3.63) is 21.1 Å². The van der Waals surface area contributed by atoms with Crippen LogP contribution in [0.3, 0.4) is 0 Å². The van der Waals surface area contributed by atoms with Crippen LogP contribution in [0.15, 0.2) is 15.5 Å². The normalized spacial score (nSPS) is 21.3. The maximum Gasteiger partial charge on any atom is 0.318 e. The van der Waals surface area contributed by atoms with Crippen molar-refractivity contribution in [1.29, 1.82) is 0 Å². The first-order valence-corrected chi connectivity index (χ1v) is 15.7. The molecule has 1 saturated heterocycles. The monoisotopic (exact) mass is 586 g/mol. The Morgan fingerprint density at radius 3 is 2.63 bits per heavy atom. The Labute approximate surface area is 237 Å². The molecule has 6 nitrogen and oxygen atoms in total. The minimum absolute atomic E-state index is 0.132. The third kappa shape index (κ3) is 7.07. The van der Waals surface area contributed by atoms with Gasteiger partial charge in [-0.15, -0.1) is 0 Å². The molecule has 0 saturated carbocycles. The predicted octanol–water partition coefficient (Wildman–Crippen LogP) is 6.60. The molecule has 38 heavy (non-hydrogen) atoms. The van der Waals surface area contributed by atoms with Gasteiger partial charge < -0.3 is 14.4 Å². The number of anilines is 1. The molecule has 0 radical (unpaired) electrons. The maximum atomic E-state index is 6.49. The summed E-state index contributed by atoms with van der Waals surface area (Å²) in [6.07, 6.45) is 13.2. The molecule has 1 fully saturated rings. The van der Waals surface area contributed by atoms with Gasteiger partial charge in [-0.2, -0.15) is 9.97 Å². The van der Waals surface area contributed by atoms with Crippen molar-refractivity contribution < 1.29 is 9.47 Å². The fourth-order valence-corrected chi connectivity index (χ4v) is 6.13. The van der Waals surface area contributed by atoms with E-state index in [1.54, 1.807) is 0 Å². The molecule has 7 heteroatoms. The van der Waals surface area contributed by atoms with Gasteiger partial charge in [0.05, 0.1) is 35.5 Å². The summed E-state index contributed by atoms with van der Waals surface area (Å²) in [5, 5.41) is 3.22. The van der Waals surface area contributed by atoms with Gasteiger partial charge in [0.25, 0.3) is 0 Å². The van der Waals surface area contributed by atoms with E-state index in [0.717, 1.165) is 57.9 Å². The number of hydrogen-bond acceptors (Lipinski definition) is 6. The Kier molecular flexibility index (Phi) is 10.4. The molecule has 0 amide bonds. The second kappa shape index (κ2) is 13.6. The fourth-order valence-electron chi connectivity index (χ4n) is 5.60. The van der Waals surface area contributed by atoms with Gasteiger partial charge in [0.15, 0.2) is 0 Å². The van der Waals surface area contributed by atoms with Crippen molar-refractivity contribution >= 4 is 38.7 Å². The van der Waals surface area contributed by atoms with Crippen LogP contribution >= 0.6 is 15.9 Å². The number of benzene rings is 1. The summed E-state index contributed by atoms with van der Waals surface area (Å²) in [5.74, 6) is 1.30. The van der Waals surface area contributed by atoms with E-state index in [2.05, 4.69) is 67.6 Å². The summed E-state index contributed by atoms with van der Waals surface area (Å²) in [6.45, 7) is 15.2. The van der Waals surface area contributed by atoms with Crippen LogP contribution in [0.2, 0.25) is 0 Å². The molecule has 0 aliphatic carbocycles. The van der Waals surface area contributed by atoms with E-state index >= 15 is 0 Å². The molecule has 1 aromatic heterocycles. The molecular weight excluding hydrogens is 540 g/mol. The van der Waals surface area contributed by atoms with Crippen molar-refractivity contribution in [3.8, 4) is 6.01 Å². The zero-order chi connectivity index (χ0) is 27.1. The smallest absolute Gasteiger partial charge is 0.318 e. The Balaban J connectivity index is 1.73. The Morgan fingerprint density at radius 1 is 1.05 bits per heavy atom. The Morgan fingerprint density at radius 2 is 1.84 bits per heavy atom. The molecule has 3 unspecified atom stereocenters. The van der Waals surface area contributed by atoms with Gasteiger partial charge in [0, 0.05) is 34.8 Å². The first-order chi connectivity index (χ1) is 18.3. The molecule has 4 rings (SSSR count). The number of halogens is 1. The van der Waals surface area contributed by atoms with Crippen LogP contribution in [0.25, 0.3) is 17.0 Å². The number of rotatable bonds is 12. The molecule has 3 heterocycles. The largest absolute Gasteiger partial charge is 0.463 e. The van der Waals surface area contributed by atoms with Gasteiger partial charge in [-0.3, -0.25) is 4.99 Å². The molecule has 0 spiro atoms. The van der Waals surface area contributed by atoms with Crippen LogP contribution in [-0.4, -0.2) is 48.9 Å². The molecule has 1 aromatic carbocycles. The Bertz CT molecular complexity index is 1190. The summed E-state index contributed by atoms with van der Waals surface area (Å²) in [7, 11) is 0. The van der Waals surface area contributed by atoms with Gasteiger partial charge in [-0.1, -0.05) is 72.3 Å². The fraction of sp³-hybridized carbons (Fsp3) is 0.710. The molecule has 2 aromatic rings. The van der Waals surface area contributed by atoms with Crippen molar-refractivity contribution in [2.75, 3.05) is 37.8 Å². The minimum Gasteiger partial charge on any atom is -0.463 e. The second-order valence-corrected chi connectivity index (χ2v) is 12.6. The number of nitrogens with zero attached hydrogens (tertiary/aromatic N) is 4. The highest BCUT2D eigenvalue weighted by atomic mass is 79.9. The van der Waals surface area contributed by atoms with Crippen molar-refractivity contribution in [2.45, 2.75) is 98.4 Å². The lowest BCUT2D eigenvalue weighted by Gasteiger charge is -2.30. The molecule has 3 atom stereocenters. The highest BCUT2D eigenvalue weighted by Gasteiger charge is 2.27.